The second kappa shape index (κ2) is 7.16. The Bertz CT molecular complexity index is 677. The lowest BCUT2D eigenvalue weighted by Crippen LogP contribution is -2.20. The maximum absolute atomic E-state index is 11.8. The molecular weight excluding hydrogens is 377 g/mol. The highest BCUT2D eigenvalue weighted by Crippen LogP contribution is 2.25. The number of hydrogen-bond acceptors (Lipinski definition) is 2. The molecule has 0 aliphatic carbocycles. The van der Waals surface area contributed by atoms with Crippen molar-refractivity contribution in [2.24, 2.45) is 0 Å². The summed E-state index contributed by atoms with van der Waals surface area (Å²) in [7, 11) is 0. The van der Waals surface area contributed by atoms with Crippen LogP contribution in [0.1, 0.15) is 5.56 Å². The molecule has 0 aliphatic heterocycles. The van der Waals surface area contributed by atoms with E-state index in [0.29, 0.717) is 21.5 Å². The molecule has 0 radical (unpaired) electrons. The molecule has 0 saturated heterocycles. The third-order valence-corrected chi connectivity index (χ3v) is 3.93. The summed E-state index contributed by atoms with van der Waals surface area (Å²) in [6.45, 7) is 1.83. The van der Waals surface area contributed by atoms with Crippen molar-refractivity contribution in [1.82, 2.24) is 0 Å². The molecule has 0 aromatic heterocycles. The molecule has 0 aliphatic rings. The number of ether oxygens (including phenoxy) is 1. The second-order valence-electron chi connectivity index (χ2n) is 4.38. The van der Waals surface area contributed by atoms with Crippen molar-refractivity contribution in [2.75, 3.05) is 11.9 Å². The zero-order valence-corrected chi connectivity index (χ0v) is 14.2. The van der Waals surface area contributed by atoms with Gasteiger partial charge in [-0.05, 0) is 48.9 Å². The van der Waals surface area contributed by atoms with Crippen LogP contribution in [-0.4, -0.2) is 12.5 Å². The third-order valence-electron chi connectivity index (χ3n) is 2.70. The Hall–Kier alpha value is -1.23. The van der Waals surface area contributed by atoms with Gasteiger partial charge in [0.15, 0.2) is 6.61 Å². The monoisotopic (exact) mass is 387 g/mol. The summed E-state index contributed by atoms with van der Waals surface area (Å²) >= 11 is 15.1. The van der Waals surface area contributed by atoms with Crippen LogP contribution in [0.4, 0.5) is 5.69 Å². The van der Waals surface area contributed by atoms with E-state index in [1.807, 2.05) is 25.1 Å². The predicted octanol–water partition coefficient (Wildman–Crippen LogP) is 5.08. The molecule has 2 aromatic rings. The maximum Gasteiger partial charge on any atom is 0.262 e. The van der Waals surface area contributed by atoms with Gasteiger partial charge in [-0.25, -0.2) is 0 Å². The van der Waals surface area contributed by atoms with E-state index in [0.717, 1.165) is 10.0 Å². The number of anilines is 1. The van der Waals surface area contributed by atoms with Crippen molar-refractivity contribution in [3.63, 3.8) is 0 Å². The SMILES string of the molecule is Cc1cc(Br)ccc1OCC(=O)Nc1ccc(Cl)c(Cl)c1. The van der Waals surface area contributed by atoms with Crippen molar-refractivity contribution in [3.8, 4) is 5.75 Å². The third kappa shape index (κ3) is 4.63. The Morgan fingerprint density at radius 2 is 1.95 bits per heavy atom. The fourth-order valence-corrected chi connectivity index (χ4v) is 2.46. The van der Waals surface area contributed by atoms with Gasteiger partial charge in [-0.15, -0.1) is 0 Å². The minimum absolute atomic E-state index is 0.0806. The zero-order chi connectivity index (χ0) is 15.4. The summed E-state index contributed by atoms with van der Waals surface area (Å²) < 4.78 is 6.45. The minimum atomic E-state index is -0.268. The van der Waals surface area contributed by atoms with Gasteiger partial charge in [0.1, 0.15) is 5.75 Å². The molecule has 1 N–H and O–H groups in total. The quantitative estimate of drug-likeness (QED) is 0.792. The largest absolute Gasteiger partial charge is 0.483 e. The van der Waals surface area contributed by atoms with E-state index in [4.69, 9.17) is 27.9 Å². The van der Waals surface area contributed by atoms with E-state index in [1.54, 1.807) is 18.2 Å². The van der Waals surface area contributed by atoms with Crippen LogP contribution in [0, 0.1) is 6.92 Å². The lowest BCUT2D eigenvalue weighted by molar-refractivity contribution is -0.118. The lowest BCUT2D eigenvalue weighted by Gasteiger charge is -2.10. The summed E-state index contributed by atoms with van der Waals surface area (Å²) in [5.41, 5.74) is 1.53. The van der Waals surface area contributed by atoms with E-state index in [2.05, 4.69) is 21.2 Å². The Labute approximate surface area is 141 Å². The van der Waals surface area contributed by atoms with E-state index in [-0.39, 0.29) is 12.5 Å². The van der Waals surface area contributed by atoms with Gasteiger partial charge in [0.05, 0.1) is 10.0 Å². The van der Waals surface area contributed by atoms with Gasteiger partial charge in [0.2, 0.25) is 0 Å². The molecule has 2 aromatic carbocycles. The van der Waals surface area contributed by atoms with Crippen LogP contribution in [0.25, 0.3) is 0 Å². The van der Waals surface area contributed by atoms with Crippen molar-refractivity contribution in [2.45, 2.75) is 6.92 Å². The van der Waals surface area contributed by atoms with Gasteiger partial charge in [-0.3, -0.25) is 4.79 Å². The van der Waals surface area contributed by atoms with Gasteiger partial charge in [-0.1, -0.05) is 39.1 Å². The van der Waals surface area contributed by atoms with Crippen molar-refractivity contribution in [3.05, 3.63) is 56.5 Å². The van der Waals surface area contributed by atoms with Crippen molar-refractivity contribution in [1.29, 1.82) is 0 Å². The number of rotatable bonds is 4. The molecule has 0 bridgehead atoms. The topological polar surface area (TPSA) is 38.3 Å². The van der Waals surface area contributed by atoms with Crippen LogP contribution < -0.4 is 10.1 Å². The van der Waals surface area contributed by atoms with Crippen LogP contribution in [0.5, 0.6) is 5.75 Å². The molecule has 0 saturated carbocycles. The molecule has 3 nitrogen and oxygen atoms in total. The molecule has 110 valence electrons. The van der Waals surface area contributed by atoms with E-state index >= 15 is 0 Å². The summed E-state index contributed by atoms with van der Waals surface area (Å²) in [6, 6.07) is 10.5. The number of carbonyl (C=O) groups is 1. The van der Waals surface area contributed by atoms with Crippen molar-refractivity contribution >= 4 is 50.7 Å². The van der Waals surface area contributed by atoms with Gasteiger partial charge in [0, 0.05) is 10.2 Å². The minimum Gasteiger partial charge on any atom is -0.483 e. The van der Waals surface area contributed by atoms with Crippen molar-refractivity contribution < 1.29 is 9.53 Å². The molecule has 0 heterocycles. The zero-order valence-electron chi connectivity index (χ0n) is 11.1. The van der Waals surface area contributed by atoms with E-state index < -0.39 is 0 Å². The maximum atomic E-state index is 11.8. The number of amides is 1. The smallest absolute Gasteiger partial charge is 0.262 e. The van der Waals surface area contributed by atoms with E-state index in [1.165, 1.54) is 0 Å². The molecule has 0 atom stereocenters. The Kier molecular flexibility index (Phi) is 5.51. The van der Waals surface area contributed by atoms with Gasteiger partial charge in [-0.2, -0.15) is 0 Å². The van der Waals surface area contributed by atoms with Crippen LogP contribution in [0.3, 0.4) is 0 Å². The first-order chi connectivity index (χ1) is 9.95. The molecule has 0 fully saturated rings. The first kappa shape index (κ1) is 16.1. The van der Waals surface area contributed by atoms with Crippen LogP contribution >= 0.6 is 39.1 Å². The average Bonchev–Trinajstić information content (AvgIpc) is 2.42. The fourth-order valence-electron chi connectivity index (χ4n) is 1.69. The summed E-state index contributed by atoms with van der Waals surface area (Å²) in [5, 5.41) is 3.52. The standard InChI is InChI=1S/C15H12BrCl2NO2/c1-9-6-10(16)2-5-14(9)21-8-15(20)19-11-3-4-12(17)13(18)7-11/h2-7H,8H2,1H3,(H,19,20). The van der Waals surface area contributed by atoms with E-state index in [9.17, 15) is 4.79 Å². The van der Waals surface area contributed by atoms with Gasteiger partial charge >= 0.3 is 0 Å². The highest BCUT2D eigenvalue weighted by Gasteiger charge is 2.07. The average molecular weight is 389 g/mol. The Morgan fingerprint density at radius 3 is 2.62 bits per heavy atom. The number of halogens is 3. The number of hydrogen-bond donors (Lipinski definition) is 1. The molecule has 0 spiro atoms. The predicted molar refractivity (Wildman–Crippen MR) is 89.5 cm³/mol. The number of benzene rings is 2. The van der Waals surface area contributed by atoms with Crippen LogP contribution in [0.2, 0.25) is 10.0 Å². The Morgan fingerprint density at radius 1 is 1.19 bits per heavy atom. The number of aryl methyl sites for hydroxylation is 1. The van der Waals surface area contributed by atoms with Crippen LogP contribution in [0.15, 0.2) is 40.9 Å². The highest BCUT2D eigenvalue weighted by atomic mass is 79.9. The number of nitrogens with one attached hydrogen (secondary N) is 1. The summed E-state index contributed by atoms with van der Waals surface area (Å²) in [6.07, 6.45) is 0. The molecule has 6 heteroatoms. The highest BCUT2D eigenvalue weighted by molar-refractivity contribution is 9.10. The van der Waals surface area contributed by atoms with Crippen LogP contribution in [-0.2, 0) is 4.79 Å². The second-order valence-corrected chi connectivity index (χ2v) is 6.11. The Balaban J connectivity index is 1.94. The normalized spacial score (nSPS) is 10.3. The molecular formula is C15H12BrCl2NO2. The lowest BCUT2D eigenvalue weighted by atomic mass is 10.2. The fraction of sp³-hybridized carbons (Fsp3) is 0.133. The summed E-state index contributed by atoms with van der Waals surface area (Å²) in [4.78, 5) is 11.8. The first-order valence-electron chi connectivity index (χ1n) is 6.09. The number of carbonyl (C=O) groups excluding carboxylic acids is 1. The summed E-state index contributed by atoms with van der Waals surface area (Å²) in [5.74, 6) is 0.401. The van der Waals surface area contributed by atoms with Gasteiger partial charge < -0.3 is 10.1 Å². The molecule has 1 amide bonds. The first-order valence-corrected chi connectivity index (χ1v) is 7.64. The molecule has 2 rings (SSSR count). The molecule has 21 heavy (non-hydrogen) atoms. The van der Waals surface area contributed by atoms with Gasteiger partial charge in [0.25, 0.3) is 5.91 Å². The molecule has 0 unspecified atom stereocenters.